The summed E-state index contributed by atoms with van der Waals surface area (Å²) >= 11 is 0. The number of amides is 2. The van der Waals surface area contributed by atoms with Crippen molar-refractivity contribution in [2.24, 2.45) is 5.41 Å². The molecule has 0 aliphatic heterocycles. The first-order chi connectivity index (χ1) is 10.0. The monoisotopic (exact) mass is 297 g/mol. The summed E-state index contributed by atoms with van der Waals surface area (Å²) in [4.78, 5) is 14.3. The Morgan fingerprint density at radius 3 is 2.67 bits per heavy atom. The molecule has 0 radical (unpaired) electrons. The molecule has 0 aromatic rings. The Balaban J connectivity index is 1.65. The molecule has 0 aromatic carbocycles. The molecule has 0 aromatic heterocycles. The number of rotatable bonds is 6. The van der Waals surface area contributed by atoms with Gasteiger partial charge in [-0.15, -0.1) is 0 Å². The summed E-state index contributed by atoms with van der Waals surface area (Å²) < 4.78 is 0. The van der Waals surface area contributed by atoms with Gasteiger partial charge in [-0.3, -0.25) is 0 Å². The average Bonchev–Trinajstić information content (AvgIpc) is 3.10. The molecule has 122 valence electrons. The minimum atomic E-state index is -0.155. The molecule has 2 fully saturated rings. The minimum absolute atomic E-state index is 0.0926. The molecule has 5 nitrogen and oxygen atoms in total. The molecule has 2 saturated carbocycles. The largest absolute Gasteiger partial charge is 0.396 e. The van der Waals surface area contributed by atoms with Crippen molar-refractivity contribution < 1.29 is 9.90 Å². The number of hydrogen-bond donors (Lipinski definition) is 3. The highest BCUT2D eigenvalue weighted by Crippen LogP contribution is 2.37. The SMILES string of the molecule is CN(CCNC(=O)NC1CCCC1(C)CO)C1CCCC1. The zero-order valence-electron chi connectivity index (χ0n) is 13.5. The molecule has 2 unspecified atom stereocenters. The summed E-state index contributed by atoms with van der Waals surface area (Å²) in [5.41, 5.74) is -0.155. The van der Waals surface area contributed by atoms with Gasteiger partial charge >= 0.3 is 6.03 Å². The lowest BCUT2D eigenvalue weighted by Crippen LogP contribution is -2.49. The van der Waals surface area contributed by atoms with Gasteiger partial charge in [-0.25, -0.2) is 4.79 Å². The number of aliphatic hydroxyl groups excluding tert-OH is 1. The van der Waals surface area contributed by atoms with E-state index in [0.29, 0.717) is 12.6 Å². The van der Waals surface area contributed by atoms with Gasteiger partial charge in [0.05, 0.1) is 6.61 Å². The third-order valence-electron chi connectivity index (χ3n) is 5.45. The molecule has 0 heterocycles. The molecule has 3 N–H and O–H groups in total. The van der Waals surface area contributed by atoms with Crippen LogP contribution in [-0.4, -0.2) is 54.9 Å². The first-order valence-electron chi connectivity index (χ1n) is 8.40. The van der Waals surface area contributed by atoms with Crippen LogP contribution in [0, 0.1) is 5.41 Å². The summed E-state index contributed by atoms with van der Waals surface area (Å²) in [7, 11) is 2.15. The number of nitrogens with zero attached hydrogens (tertiary/aromatic N) is 1. The van der Waals surface area contributed by atoms with E-state index in [1.165, 1.54) is 25.7 Å². The fourth-order valence-electron chi connectivity index (χ4n) is 3.75. The van der Waals surface area contributed by atoms with Crippen LogP contribution in [0.15, 0.2) is 0 Å². The normalized spacial score (nSPS) is 30.0. The van der Waals surface area contributed by atoms with E-state index < -0.39 is 0 Å². The standard InChI is InChI=1S/C16H31N3O2/c1-16(12-20)9-5-8-14(16)18-15(21)17-10-11-19(2)13-6-3-4-7-13/h13-14,20H,3-12H2,1-2H3,(H2,17,18,21). The van der Waals surface area contributed by atoms with Crippen LogP contribution < -0.4 is 10.6 Å². The van der Waals surface area contributed by atoms with E-state index >= 15 is 0 Å². The maximum Gasteiger partial charge on any atom is 0.315 e. The number of carbonyl (C=O) groups is 1. The van der Waals surface area contributed by atoms with Crippen molar-refractivity contribution in [3.63, 3.8) is 0 Å². The topological polar surface area (TPSA) is 64.6 Å². The van der Waals surface area contributed by atoms with Crippen LogP contribution in [0.2, 0.25) is 0 Å². The molecular formula is C16H31N3O2. The van der Waals surface area contributed by atoms with Crippen molar-refractivity contribution in [1.82, 2.24) is 15.5 Å². The lowest BCUT2D eigenvalue weighted by atomic mass is 9.86. The van der Waals surface area contributed by atoms with Crippen LogP contribution in [0.3, 0.4) is 0 Å². The van der Waals surface area contributed by atoms with Gasteiger partial charge in [0.1, 0.15) is 0 Å². The van der Waals surface area contributed by atoms with Crippen LogP contribution >= 0.6 is 0 Å². The maximum absolute atomic E-state index is 12.0. The van der Waals surface area contributed by atoms with Crippen LogP contribution in [0.1, 0.15) is 51.9 Å². The fraction of sp³-hybridized carbons (Fsp3) is 0.938. The van der Waals surface area contributed by atoms with Crippen LogP contribution in [0.4, 0.5) is 4.79 Å². The molecule has 0 spiro atoms. The second kappa shape index (κ2) is 7.45. The number of carbonyl (C=O) groups excluding carboxylic acids is 1. The molecule has 2 amide bonds. The average molecular weight is 297 g/mol. The van der Waals surface area contributed by atoms with E-state index in [1.54, 1.807) is 0 Å². The number of likely N-dealkylation sites (N-methyl/N-ethyl adjacent to an activating group) is 1. The summed E-state index contributed by atoms with van der Waals surface area (Å²) in [5, 5.41) is 15.5. The van der Waals surface area contributed by atoms with Gasteiger partial charge < -0.3 is 20.6 Å². The zero-order valence-corrected chi connectivity index (χ0v) is 13.5. The number of urea groups is 1. The molecule has 21 heavy (non-hydrogen) atoms. The van der Waals surface area contributed by atoms with Gasteiger partial charge in [0.15, 0.2) is 0 Å². The highest BCUT2D eigenvalue weighted by molar-refractivity contribution is 5.74. The van der Waals surface area contributed by atoms with Gasteiger partial charge in [0, 0.05) is 30.6 Å². The van der Waals surface area contributed by atoms with Crippen LogP contribution in [0.25, 0.3) is 0 Å². The molecule has 2 rings (SSSR count). The van der Waals surface area contributed by atoms with E-state index in [1.807, 2.05) is 0 Å². The van der Waals surface area contributed by atoms with Gasteiger partial charge in [-0.1, -0.05) is 26.2 Å². The zero-order chi connectivity index (χ0) is 15.3. The second-order valence-electron chi connectivity index (χ2n) is 7.08. The van der Waals surface area contributed by atoms with Crippen molar-refractivity contribution in [1.29, 1.82) is 0 Å². The van der Waals surface area contributed by atoms with E-state index in [4.69, 9.17) is 0 Å². The van der Waals surface area contributed by atoms with Crippen molar-refractivity contribution in [2.45, 2.75) is 64.0 Å². The first-order valence-corrected chi connectivity index (χ1v) is 8.40. The van der Waals surface area contributed by atoms with E-state index in [9.17, 15) is 9.90 Å². The predicted molar refractivity (Wildman–Crippen MR) is 84.3 cm³/mol. The molecule has 5 heteroatoms. The summed E-state index contributed by atoms with van der Waals surface area (Å²) in [5.74, 6) is 0. The Hall–Kier alpha value is -0.810. The number of aliphatic hydroxyl groups is 1. The third-order valence-corrected chi connectivity index (χ3v) is 5.45. The highest BCUT2D eigenvalue weighted by Gasteiger charge is 2.39. The van der Waals surface area contributed by atoms with E-state index in [2.05, 4.69) is 29.5 Å². The van der Waals surface area contributed by atoms with Gasteiger partial charge in [0.2, 0.25) is 0 Å². The summed E-state index contributed by atoms with van der Waals surface area (Å²) in [6, 6.07) is 0.693. The Kier molecular flexibility index (Phi) is 5.88. The van der Waals surface area contributed by atoms with E-state index in [0.717, 1.165) is 25.8 Å². The van der Waals surface area contributed by atoms with Crippen molar-refractivity contribution in [3.8, 4) is 0 Å². The van der Waals surface area contributed by atoms with Gasteiger partial charge in [0.25, 0.3) is 0 Å². The summed E-state index contributed by atoms with van der Waals surface area (Å²) in [6.45, 7) is 3.78. The van der Waals surface area contributed by atoms with Crippen LogP contribution in [0.5, 0.6) is 0 Å². The van der Waals surface area contributed by atoms with E-state index in [-0.39, 0.29) is 24.1 Å². The fourth-order valence-corrected chi connectivity index (χ4v) is 3.75. The van der Waals surface area contributed by atoms with Crippen molar-refractivity contribution >= 4 is 6.03 Å². The van der Waals surface area contributed by atoms with Gasteiger partial charge in [-0.2, -0.15) is 0 Å². The maximum atomic E-state index is 12.0. The lowest BCUT2D eigenvalue weighted by Gasteiger charge is -2.30. The van der Waals surface area contributed by atoms with Crippen molar-refractivity contribution in [3.05, 3.63) is 0 Å². The van der Waals surface area contributed by atoms with Gasteiger partial charge in [-0.05, 0) is 32.7 Å². The Bertz CT molecular complexity index is 344. The molecule has 2 atom stereocenters. The highest BCUT2D eigenvalue weighted by atomic mass is 16.3. The minimum Gasteiger partial charge on any atom is -0.396 e. The molecule has 2 aliphatic carbocycles. The Labute approximate surface area is 128 Å². The second-order valence-corrected chi connectivity index (χ2v) is 7.08. The number of hydrogen-bond acceptors (Lipinski definition) is 3. The molecule has 2 aliphatic rings. The molecular weight excluding hydrogens is 266 g/mol. The Morgan fingerprint density at radius 2 is 2.00 bits per heavy atom. The smallest absolute Gasteiger partial charge is 0.315 e. The first kappa shape index (κ1) is 16.6. The molecule has 0 saturated heterocycles. The quantitative estimate of drug-likeness (QED) is 0.699. The van der Waals surface area contributed by atoms with Crippen molar-refractivity contribution in [2.75, 3.05) is 26.7 Å². The number of nitrogens with one attached hydrogen (secondary N) is 2. The molecule has 0 bridgehead atoms. The van der Waals surface area contributed by atoms with Crippen LogP contribution in [-0.2, 0) is 0 Å². The lowest BCUT2D eigenvalue weighted by molar-refractivity contribution is 0.121. The Morgan fingerprint density at radius 1 is 1.29 bits per heavy atom. The predicted octanol–water partition coefficient (Wildman–Crippen LogP) is 1.71. The third kappa shape index (κ3) is 4.33. The summed E-state index contributed by atoms with van der Waals surface area (Å²) in [6.07, 6.45) is 8.28.